The van der Waals surface area contributed by atoms with Crippen LogP contribution in [0.4, 0.5) is 5.88 Å². The van der Waals surface area contributed by atoms with Crippen molar-refractivity contribution in [3.8, 4) is 0 Å². The molecule has 1 aromatic heterocycles. The smallest absolute Gasteiger partial charge is 0.395 e. The number of rotatable bonds is 3. The molecule has 0 spiro atoms. The van der Waals surface area contributed by atoms with E-state index in [2.05, 4.69) is 0 Å². The molecule has 2 aromatic rings. The first-order chi connectivity index (χ1) is 10.6. The number of carbonyl (C=O) groups is 1. The van der Waals surface area contributed by atoms with E-state index in [0.29, 0.717) is 13.1 Å². The third-order valence-electron chi connectivity index (χ3n) is 3.86. The van der Waals surface area contributed by atoms with Crippen LogP contribution >= 0.6 is 12.4 Å². The molecular weight excluding hydrogens is 322 g/mol. The van der Waals surface area contributed by atoms with Crippen molar-refractivity contribution in [2.45, 2.75) is 12.0 Å². The quantitative estimate of drug-likeness (QED) is 0.683. The van der Waals surface area contributed by atoms with E-state index in [1.165, 1.54) is 12.1 Å². The fourth-order valence-corrected chi connectivity index (χ4v) is 2.74. The molecule has 0 bridgehead atoms. The van der Waals surface area contributed by atoms with E-state index in [-0.39, 0.29) is 36.0 Å². The highest BCUT2D eigenvalue weighted by molar-refractivity contribution is 5.92. The second-order valence-electron chi connectivity index (χ2n) is 5.29. The van der Waals surface area contributed by atoms with Crippen LogP contribution in [0.15, 0.2) is 46.9 Å². The number of hydrogen-bond acceptors (Lipinski definition) is 5. The maximum absolute atomic E-state index is 12.4. The Bertz CT molecular complexity index is 704. The van der Waals surface area contributed by atoms with Crippen LogP contribution in [0.25, 0.3) is 0 Å². The summed E-state index contributed by atoms with van der Waals surface area (Å²) in [6.45, 7) is 0.866. The molecule has 1 fully saturated rings. The molecular formula is C15H16ClN3O4. The minimum Gasteiger partial charge on any atom is -0.395 e. The van der Waals surface area contributed by atoms with Gasteiger partial charge in [0.2, 0.25) is 0 Å². The molecule has 8 heteroatoms. The van der Waals surface area contributed by atoms with Crippen LogP contribution in [-0.2, 0) is 0 Å². The van der Waals surface area contributed by atoms with Crippen LogP contribution in [0.1, 0.15) is 22.0 Å². The van der Waals surface area contributed by atoms with Gasteiger partial charge in [0.25, 0.3) is 5.91 Å². The number of halogens is 1. The Morgan fingerprint density at radius 3 is 2.52 bits per heavy atom. The molecule has 23 heavy (non-hydrogen) atoms. The maximum atomic E-state index is 12.4. The summed E-state index contributed by atoms with van der Waals surface area (Å²) >= 11 is 0. The lowest BCUT2D eigenvalue weighted by Crippen LogP contribution is -2.32. The molecule has 1 aromatic carbocycles. The number of hydrogen-bond donors (Lipinski definition) is 1. The highest BCUT2D eigenvalue weighted by Crippen LogP contribution is 2.28. The van der Waals surface area contributed by atoms with Gasteiger partial charge in [-0.3, -0.25) is 14.9 Å². The maximum Gasteiger partial charge on any atom is 0.433 e. The Kier molecular flexibility index (Phi) is 5.02. The van der Waals surface area contributed by atoms with E-state index >= 15 is 0 Å². The van der Waals surface area contributed by atoms with Gasteiger partial charge in [-0.2, -0.15) is 0 Å². The molecule has 0 radical (unpaired) electrons. The molecule has 0 saturated carbocycles. The van der Waals surface area contributed by atoms with Crippen LogP contribution in [0.5, 0.6) is 0 Å². The predicted octanol–water partition coefficient (Wildman–Crippen LogP) is 2.18. The second kappa shape index (κ2) is 6.80. The van der Waals surface area contributed by atoms with Gasteiger partial charge in [-0.15, -0.1) is 12.4 Å². The summed E-state index contributed by atoms with van der Waals surface area (Å²) in [5.74, 6) is -0.795. The van der Waals surface area contributed by atoms with Gasteiger partial charge in [0.05, 0.1) is 6.07 Å². The van der Waals surface area contributed by atoms with Crippen molar-refractivity contribution in [1.29, 1.82) is 0 Å². The third kappa shape index (κ3) is 3.35. The number of furan rings is 1. The number of nitro groups is 1. The highest BCUT2D eigenvalue weighted by Gasteiger charge is 2.35. The summed E-state index contributed by atoms with van der Waals surface area (Å²) in [6, 6.07) is 12.1. The van der Waals surface area contributed by atoms with E-state index < -0.39 is 10.8 Å². The molecule has 7 nitrogen and oxygen atoms in total. The van der Waals surface area contributed by atoms with Crippen molar-refractivity contribution in [2.24, 2.45) is 5.73 Å². The highest BCUT2D eigenvalue weighted by atomic mass is 35.5. The largest absolute Gasteiger partial charge is 0.433 e. The van der Waals surface area contributed by atoms with Crippen molar-refractivity contribution in [1.82, 2.24) is 4.90 Å². The molecule has 122 valence electrons. The number of amides is 1. The summed E-state index contributed by atoms with van der Waals surface area (Å²) < 4.78 is 4.96. The summed E-state index contributed by atoms with van der Waals surface area (Å²) in [5.41, 5.74) is 7.22. The SMILES string of the molecule is Cl.N[C@@H]1CN(C(=O)c2ccc([N+](=O)[O-])o2)C[C@H]1c1ccccc1. The average molecular weight is 338 g/mol. The van der Waals surface area contributed by atoms with Gasteiger partial charge < -0.3 is 15.1 Å². The first-order valence-electron chi connectivity index (χ1n) is 6.90. The monoisotopic (exact) mass is 337 g/mol. The standard InChI is InChI=1S/C15H15N3O4.ClH/c16-12-9-17(8-11(12)10-4-2-1-3-5-10)15(19)13-6-7-14(22-13)18(20)21;/h1-7,11-12H,8-9,16H2;1H/t11-,12+;/m0./s1. The van der Waals surface area contributed by atoms with E-state index in [0.717, 1.165) is 5.56 Å². The number of likely N-dealkylation sites (tertiary alicyclic amines) is 1. The van der Waals surface area contributed by atoms with E-state index in [1.54, 1.807) is 4.90 Å². The van der Waals surface area contributed by atoms with Crippen molar-refractivity contribution >= 4 is 24.2 Å². The normalized spacial score (nSPS) is 20.1. The van der Waals surface area contributed by atoms with E-state index in [9.17, 15) is 14.9 Å². The average Bonchev–Trinajstić information content (AvgIpc) is 3.14. The molecule has 2 atom stereocenters. The summed E-state index contributed by atoms with van der Waals surface area (Å²) in [7, 11) is 0. The van der Waals surface area contributed by atoms with Gasteiger partial charge >= 0.3 is 5.88 Å². The zero-order valence-corrected chi connectivity index (χ0v) is 12.9. The topological polar surface area (TPSA) is 103 Å². The molecule has 3 rings (SSSR count). The third-order valence-corrected chi connectivity index (χ3v) is 3.86. The van der Waals surface area contributed by atoms with Gasteiger partial charge in [0.15, 0.2) is 5.76 Å². The summed E-state index contributed by atoms with van der Waals surface area (Å²) in [5, 5.41) is 10.6. The Labute approximate surface area is 138 Å². The number of nitrogens with zero attached hydrogens (tertiary/aromatic N) is 2. The Morgan fingerprint density at radius 2 is 1.91 bits per heavy atom. The zero-order valence-electron chi connectivity index (χ0n) is 12.1. The zero-order chi connectivity index (χ0) is 15.7. The van der Waals surface area contributed by atoms with Crippen molar-refractivity contribution in [2.75, 3.05) is 13.1 Å². The van der Waals surface area contributed by atoms with Gasteiger partial charge in [0.1, 0.15) is 4.92 Å². The van der Waals surface area contributed by atoms with E-state index in [4.69, 9.17) is 10.2 Å². The Balaban J connectivity index is 0.00000192. The molecule has 0 aliphatic carbocycles. The van der Waals surface area contributed by atoms with Crippen LogP contribution < -0.4 is 5.73 Å². The van der Waals surface area contributed by atoms with Crippen molar-refractivity contribution in [3.63, 3.8) is 0 Å². The molecule has 2 N–H and O–H groups in total. The van der Waals surface area contributed by atoms with Gasteiger partial charge in [-0.25, -0.2) is 0 Å². The minimum absolute atomic E-state index is 0. The molecule has 1 saturated heterocycles. The van der Waals surface area contributed by atoms with Crippen LogP contribution in [0.2, 0.25) is 0 Å². The molecule has 2 heterocycles. The fraction of sp³-hybridized carbons (Fsp3) is 0.267. The number of benzene rings is 1. The summed E-state index contributed by atoms with van der Waals surface area (Å²) in [6.07, 6.45) is 0. The van der Waals surface area contributed by atoms with Crippen LogP contribution in [0.3, 0.4) is 0 Å². The van der Waals surface area contributed by atoms with Gasteiger partial charge in [-0.05, 0) is 11.6 Å². The lowest BCUT2D eigenvalue weighted by atomic mass is 9.95. The summed E-state index contributed by atoms with van der Waals surface area (Å²) in [4.78, 5) is 23.9. The van der Waals surface area contributed by atoms with Gasteiger partial charge in [-0.1, -0.05) is 30.3 Å². The first kappa shape index (κ1) is 17.0. The number of nitrogens with two attached hydrogens (primary N) is 1. The predicted molar refractivity (Wildman–Crippen MR) is 85.7 cm³/mol. The van der Waals surface area contributed by atoms with Crippen molar-refractivity contribution in [3.05, 3.63) is 63.9 Å². The fourth-order valence-electron chi connectivity index (χ4n) is 2.74. The molecule has 1 amide bonds. The van der Waals surface area contributed by atoms with Gasteiger partial charge in [0, 0.05) is 25.0 Å². The second-order valence-corrected chi connectivity index (χ2v) is 5.29. The molecule has 1 aliphatic rings. The number of carbonyl (C=O) groups excluding carboxylic acids is 1. The lowest BCUT2D eigenvalue weighted by molar-refractivity contribution is -0.402. The van der Waals surface area contributed by atoms with Crippen molar-refractivity contribution < 1.29 is 14.1 Å². The van der Waals surface area contributed by atoms with Crippen LogP contribution in [0, 0.1) is 10.1 Å². The molecule has 0 unspecified atom stereocenters. The Morgan fingerprint density at radius 1 is 1.22 bits per heavy atom. The van der Waals surface area contributed by atoms with Crippen LogP contribution in [-0.4, -0.2) is 34.9 Å². The lowest BCUT2D eigenvalue weighted by Gasteiger charge is -2.15. The minimum atomic E-state index is -0.667. The first-order valence-corrected chi connectivity index (χ1v) is 6.90. The van der Waals surface area contributed by atoms with E-state index in [1.807, 2.05) is 30.3 Å². The molecule has 1 aliphatic heterocycles. The Hall–Kier alpha value is -2.38.